The summed E-state index contributed by atoms with van der Waals surface area (Å²) in [7, 11) is 1.85. The van der Waals surface area contributed by atoms with Crippen LogP contribution >= 0.6 is 0 Å². The van der Waals surface area contributed by atoms with E-state index >= 15 is 0 Å². The molecule has 0 spiro atoms. The fourth-order valence-electron chi connectivity index (χ4n) is 3.26. The molecule has 0 aromatic rings. The summed E-state index contributed by atoms with van der Waals surface area (Å²) in [6.07, 6.45) is 14.9. The fraction of sp³-hybridized carbons (Fsp3) is 0.875. The van der Waals surface area contributed by atoms with Gasteiger partial charge in [0.25, 0.3) is 0 Å². The summed E-state index contributed by atoms with van der Waals surface area (Å²) in [5.41, 5.74) is 1.69. The lowest BCUT2D eigenvalue weighted by molar-refractivity contribution is 0.0568. The number of hydrogen-bond acceptors (Lipinski definition) is 2. The van der Waals surface area contributed by atoms with Gasteiger partial charge in [0.1, 0.15) is 0 Å². The van der Waals surface area contributed by atoms with Crippen LogP contribution in [0.2, 0.25) is 0 Å². The van der Waals surface area contributed by atoms with E-state index in [1.807, 2.05) is 7.11 Å². The van der Waals surface area contributed by atoms with Crippen molar-refractivity contribution in [3.8, 4) is 0 Å². The first-order valence-electron chi connectivity index (χ1n) is 7.80. The third-order valence-electron chi connectivity index (χ3n) is 4.57. The number of hydrogen-bond donors (Lipinski definition) is 1. The van der Waals surface area contributed by atoms with Gasteiger partial charge in [-0.3, -0.25) is 0 Å². The maximum absolute atomic E-state index is 5.42. The van der Waals surface area contributed by atoms with Crippen LogP contribution in [0.15, 0.2) is 11.6 Å². The molecule has 0 bridgehead atoms. The predicted octanol–water partition coefficient (Wildman–Crippen LogP) is 3.67. The van der Waals surface area contributed by atoms with Gasteiger partial charge < -0.3 is 10.1 Å². The summed E-state index contributed by atoms with van der Waals surface area (Å²) in [5.74, 6) is 0.886. The van der Waals surface area contributed by atoms with E-state index in [4.69, 9.17) is 4.74 Å². The summed E-state index contributed by atoms with van der Waals surface area (Å²) < 4.78 is 5.42. The smallest absolute Gasteiger partial charge is 0.0571 e. The normalized spacial score (nSPS) is 29.1. The Hall–Kier alpha value is -0.340. The first kappa shape index (κ1) is 14.1. The average Bonchev–Trinajstić information content (AvgIpc) is 2.45. The Kier molecular flexibility index (Phi) is 6.22. The highest BCUT2D eigenvalue weighted by molar-refractivity contribution is 5.05. The molecule has 0 atom stereocenters. The Bertz CT molecular complexity index is 254. The van der Waals surface area contributed by atoms with Crippen LogP contribution in [-0.4, -0.2) is 26.3 Å². The van der Waals surface area contributed by atoms with E-state index < -0.39 is 0 Å². The van der Waals surface area contributed by atoms with Crippen molar-refractivity contribution in [3.63, 3.8) is 0 Å². The Labute approximate surface area is 112 Å². The molecule has 1 N–H and O–H groups in total. The Morgan fingerprint density at radius 2 is 2.06 bits per heavy atom. The largest absolute Gasteiger partial charge is 0.381 e. The fourth-order valence-corrected chi connectivity index (χ4v) is 3.26. The average molecular weight is 251 g/mol. The molecule has 18 heavy (non-hydrogen) atoms. The number of allylic oxidation sites excluding steroid dienone is 1. The van der Waals surface area contributed by atoms with Crippen molar-refractivity contribution in [2.75, 3.05) is 20.2 Å². The van der Waals surface area contributed by atoms with Crippen LogP contribution in [-0.2, 0) is 4.74 Å². The predicted molar refractivity (Wildman–Crippen MR) is 76.8 cm³/mol. The summed E-state index contributed by atoms with van der Waals surface area (Å²) in [5, 5.41) is 3.65. The molecule has 0 aromatic heterocycles. The van der Waals surface area contributed by atoms with Crippen LogP contribution < -0.4 is 5.32 Å². The Morgan fingerprint density at radius 3 is 2.72 bits per heavy atom. The van der Waals surface area contributed by atoms with Crippen LogP contribution in [0.3, 0.4) is 0 Å². The van der Waals surface area contributed by atoms with E-state index in [1.54, 1.807) is 5.57 Å². The van der Waals surface area contributed by atoms with Crippen LogP contribution in [0.1, 0.15) is 57.8 Å². The molecule has 2 heteroatoms. The first-order chi connectivity index (χ1) is 8.88. The van der Waals surface area contributed by atoms with Crippen molar-refractivity contribution in [1.29, 1.82) is 0 Å². The minimum absolute atomic E-state index is 0.536. The number of nitrogens with one attached hydrogen (secondary N) is 1. The standard InChI is InChI=1S/C16H29NO/c1-18-16-9-7-15(8-10-16)13-17-12-11-14-5-3-2-4-6-14/h5,15-17H,2-4,6-13H2,1H3. The molecule has 0 radical (unpaired) electrons. The summed E-state index contributed by atoms with van der Waals surface area (Å²) >= 11 is 0. The van der Waals surface area contributed by atoms with Gasteiger partial charge in [-0.25, -0.2) is 0 Å². The molecule has 0 aromatic carbocycles. The van der Waals surface area contributed by atoms with Crippen LogP contribution in [0, 0.1) is 5.92 Å². The van der Waals surface area contributed by atoms with E-state index in [0.29, 0.717) is 6.10 Å². The summed E-state index contributed by atoms with van der Waals surface area (Å²) in [6.45, 7) is 2.39. The van der Waals surface area contributed by atoms with Crippen LogP contribution in [0.5, 0.6) is 0 Å². The first-order valence-corrected chi connectivity index (χ1v) is 7.80. The van der Waals surface area contributed by atoms with Crippen molar-refractivity contribution >= 4 is 0 Å². The summed E-state index contributed by atoms with van der Waals surface area (Å²) in [6, 6.07) is 0. The van der Waals surface area contributed by atoms with Gasteiger partial charge in [0.15, 0.2) is 0 Å². The molecule has 1 fully saturated rings. The molecule has 2 aliphatic carbocycles. The van der Waals surface area contributed by atoms with E-state index in [1.165, 1.54) is 70.9 Å². The summed E-state index contributed by atoms with van der Waals surface area (Å²) in [4.78, 5) is 0. The highest BCUT2D eigenvalue weighted by Crippen LogP contribution is 2.25. The molecule has 2 aliphatic rings. The van der Waals surface area contributed by atoms with E-state index in [2.05, 4.69) is 11.4 Å². The van der Waals surface area contributed by atoms with E-state index in [0.717, 1.165) is 5.92 Å². The van der Waals surface area contributed by atoms with Crippen LogP contribution in [0.4, 0.5) is 0 Å². The number of ether oxygens (including phenoxy) is 1. The van der Waals surface area contributed by atoms with Gasteiger partial charge in [0.05, 0.1) is 6.10 Å². The minimum atomic E-state index is 0.536. The molecule has 0 aliphatic heterocycles. The Balaban J connectivity index is 1.52. The quantitative estimate of drug-likeness (QED) is 0.574. The van der Waals surface area contributed by atoms with Gasteiger partial charge >= 0.3 is 0 Å². The minimum Gasteiger partial charge on any atom is -0.381 e. The molecule has 0 unspecified atom stereocenters. The molecular weight excluding hydrogens is 222 g/mol. The lowest BCUT2D eigenvalue weighted by atomic mass is 9.87. The topological polar surface area (TPSA) is 21.3 Å². The molecule has 0 heterocycles. The lowest BCUT2D eigenvalue weighted by Crippen LogP contribution is -2.29. The second kappa shape index (κ2) is 7.96. The van der Waals surface area contributed by atoms with Crippen LogP contribution in [0.25, 0.3) is 0 Å². The molecule has 2 rings (SSSR count). The van der Waals surface area contributed by atoms with Crippen molar-refractivity contribution in [3.05, 3.63) is 11.6 Å². The second-order valence-electron chi connectivity index (χ2n) is 5.94. The maximum Gasteiger partial charge on any atom is 0.0571 e. The monoisotopic (exact) mass is 251 g/mol. The third-order valence-corrected chi connectivity index (χ3v) is 4.57. The van der Waals surface area contributed by atoms with Crippen molar-refractivity contribution < 1.29 is 4.74 Å². The van der Waals surface area contributed by atoms with Crippen molar-refractivity contribution in [2.24, 2.45) is 5.92 Å². The molecular formula is C16H29NO. The number of methoxy groups -OCH3 is 1. The van der Waals surface area contributed by atoms with Crippen molar-refractivity contribution in [1.82, 2.24) is 5.32 Å². The zero-order valence-electron chi connectivity index (χ0n) is 11.9. The van der Waals surface area contributed by atoms with Gasteiger partial charge in [-0.15, -0.1) is 0 Å². The lowest BCUT2D eigenvalue weighted by Gasteiger charge is -2.27. The molecule has 0 amide bonds. The number of rotatable bonds is 6. The zero-order valence-corrected chi connectivity index (χ0v) is 11.9. The van der Waals surface area contributed by atoms with Gasteiger partial charge in [0, 0.05) is 7.11 Å². The van der Waals surface area contributed by atoms with Crippen molar-refractivity contribution in [2.45, 2.75) is 63.9 Å². The molecule has 2 nitrogen and oxygen atoms in total. The molecule has 0 saturated heterocycles. The SMILES string of the molecule is COC1CCC(CNCCC2=CCCCC2)CC1. The van der Waals surface area contributed by atoms with Gasteiger partial charge in [-0.1, -0.05) is 11.6 Å². The zero-order chi connectivity index (χ0) is 12.6. The highest BCUT2D eigenvalue weighted by Gasteiger charge is 2.20. The van der Waals surface area contributed by atoms with E-state index in [9.17, 15) is 0 Å². The van der Waals surface area contributed by atoms with Gasteiger partial charge in [-0.2, -0.15) is 0 Å². The maximum atomic E-state index is 5.42. The molecule has 104 valence electrons. The van der Waals surface area contributed by atoms with E-state index in [-0.39, 0.29) is 0 Å². The molecule has 1 saturated carbocycles. The second-order valence-corrected chi connectivity index (χ2v) is 5.94. The highest BCUT2D eigenvalue weighted by atomic mass is 16.5. The van der Waals surface area contributed by atoms with Gasteiger partial charge in [0.2, 0.25) is 0 Å². The van der Waals surface area contributed by atoms with Gasteiger partial charge in [-0.05, 0) is 76.8 Å². The Morgan fingerprint density at radius 1 is 1.22 bits per heavy atom. The third kappa shape index (κ3) is 4.74.